The Hall–Kier alpha value is -2.42. The van der Waals surface area contributed by atoms with Crippen LogP contribution in [-0.4, -0.2) is 37.9 Å². The number of ether oxygens (including phenoxy) is 1. The van der Waals surface area contributed by atoms with Crippen LogP contribution in [-0.2, 0) is 0 Å². The summed E-state index contributed by atoms with van der Waals surface area (Å²) in [4.78, 5) is 12.5. The predicted octanol–water partition coefficient (Wildman–Crippen LogP) is 1.64. The fourth-order valence-corrected chi connectivity index (χ4v) is 2.16. The smallest absolute Gasteiger partial charge is 0.258 e. The first-order valence-corrected chi connectivity index (χ1v) is 7.13. The SMILES string of the molecule is COc1ccc(-c2nc3nc(SC)nc(N)n3n2)cc1F. The Labute approximate surface area is 123 Å². The van der Waals surface area contributed by atoms with Crippen LogP contribution in [0.25, 0.3) is 17.2 Å². The fraction of sp³-hybridized carbons (Fsp3) is 0.167. The number of thioether (sulfide) groups is 1. The van der Waals surface area contributed by atoms with Crippen molar-refractivity contribution >= 4 is 23.5 Å². The number of nitrogen functional groups attached to an aromatic ring is 1. The number of methoxy groups -OCH3 is 1. The maximum absolute atomic E-state index is 13.7. The molecule has 3 aromatic rings. The Morgan fingerprint density at radius 1 is 1.29 bits per heavy atom. The van der Waals surface area contributed by atoms with Crippen LogP contribution < -0.4 is 10.5 Å². The summed E-state index contributed by atoms with van der Waals surface area (Å²) in [5, 5.41) is 4.69. The number of hydrogen-bond donors (Lipinski definition) is 1. The monoisotopic (exact) mass is 306 g/mol. The summed E-state index contributed by atoms with van der Waals surface area (Å²) < 4.78 is 19.9. The van der Waals surface area contributed by atoms with E-state index in [-0.39, 0.29) is 11.7 Å². The van der Waals surface area contributed by atoms with Crippen LogP contribution in [0.4, 0.5) is 10.3 Å². The normalized spacial score (nSPS) is 11.0. The highest BCUT2D eigenvalue weighted by molar-refractivity contribution is 7.98. The highest BCUT2D eigenvalue weighted by Gasteiger charge is 2.13. The van der Waals surface area contributed by atoms with E-state index in [1.54, 1.807) is 6.07 Å². The molecule has 0 aliphatic rings. The second-order valence-corrected chi connectivity index (χ2v) is 4.84. The predicted molar refractivity (Wildman–Crippen MR) is 76.7 cm³/mol. The fourth-order valence-electron chi connectivity index (χ4n) is 1.80. The molecule has 0 unspecified atom stereocenters. The van der Waals surface area contributed by atoms with Crippen LogP contribution in [0.15, 0.2) is 23.4 Å². The van der Waals surface area contributed by atoms with Crippen LogP contribution in [0.5, 0.6) is 5.75 Å². The average Bonchev–Trinajstić information content (AvgIpc) is 2.91. The second-order valence-electron chi connectivity index (χ2n) is 4.07. The van der Waals surface area contributed by atoms with E-state index in [1.807, 2.05) is 6.26 Å². The zero-order valence-corrected chi connectivity index (χ0v) is 12.1. The van der Waals surface area contributed by atoms with Gasteiger partial charge in [0.15, 0.2) is 22.5 Å². The first kappa shape index (κ1) is 13.6. The second kappa shape index (κ2) is 5.17. The van der Waals surface area contributed by atoms with Crippen LogP contribution in [0.2, 0.25) is 0 Å². The van der Waals surface area contributed by atoms with Crippen molar-refractivity contribution in [3.63, 3.8) is 0 Å². The third-order valence-corrected chi connectivity index (χ3v) is 3.35. The van der Waals surface area contributed by atoms with Crippen molar-refractivity contribution in [2.75, 3.05) is 19.1 Å². The molecule has 2 N–H and O–H groups in total. The number of fused-ring (bicyclic) bond motifs is 1. The Kier molecular flexibility index (Phi) is 3.34. The van der Waals surface area contributed by atoms with Gasteiger partial charge in [-0.15, -0.1) is 5.10 Å². The number of halogens is 1. The van der Waals surface area contributed by atoms with Gasteiger partial charge in [0, 0.05) is 5.56 Å². The lowest BCUT2D eigenvalue weighted by atomic mass is 10.2. The topological polar surface area (TPSA) is 91.2 Å². The van der Waals surface area contributed by atoms with E-state index < -0.39 is 5.82 Å². The number of rotatable bonds is 3. The van der Waals surface area contributed by atoms with E-state index in [2.05, 4.69) is 20.1 Å². The molecule has 0 saturated heterocycles. The van der Waals surface area contributed by atoms with E-state index in [4.69, 9.17) is 10.5 Å². The van der Waals surface area contributed by atoms with Gasteiger partial charge >= 0.3 is 0 Å². The van der Waals surface area contributed by atoms with Crippen molar-refractivity contribution in [2.24, 2.45) is 0 Å². The molecule has 108 valence electrons. The molecule has 21 heavy (non-hydrogen) atoms. The number of hydrogen-bond acceptors (Lipinski definition) is 7. The lowest BCUT2D eigenvalue weighted by molar-refractivity contribution is 0.386. The van der Waals surface area contributed by atoms with Crippen LogP contribution >= 0.6 is 11.8 Å². The van der Waals surface area contributed by atoms with E-state index in [0.717, 1.165) is 0 Å². The van der Waals surface area contributed by atoms with E-state index in [0.29, 0.717) is 22.3 Å². The summed E-state index contributed by atoms with van der Waals surface area (Å²) >= 11 is 1.35. The molecule has 1 aromatic carbocycles. The van der Waals surface area contributed by atoms with Crippen molar-refractivity contribution in [2.45, 2.75) is 5.16 Å². The maximum atomic E-state index is 13.7. The first-order chi connectivity index (χ1) is 10.1. The first-order valence-electron chi connectivity index (χ1n) is 5.90. The van der Waals surface area contributed by atoms with Crippen molar-refractivity contribution in [1.82, 2.24) is 24.6 Å². The minimum Gasteiger partial charge on any atom is -0.494 e. The molecule has 0 radical (unpaired) electrons. The molecule has 0 atom stereocenters. The zero-order chi connectivity index (χ0) is 15.0. The van der Waals surface area contributed by atoms with Crippen LogP contribution in [0.1, 0.15) is 0 Å². The van der Waals surface area contributed by atoms with Gasteiger partial charge in [0.25, 0.3) is 5.78 Å². The van der Waals surface area contributed by atoms with Gasteiger partial charge in [-0.3, -0.25) is 0 Å². The van der Waals surface area contributed by atoms with Crippen molar-refractivity contribution in [3.05, 3.63) is 24.0 Å². The molecule has 0 aliphatic heterocycles. The quantitative estimate of drug-likeness (QED) is 0.735. The van der Waals surface area contributed by atoms with Gasteiger partial charge in [0.2, 0.25) is 5.95 Å². The van der Waals surface area contributed by atoms with Gasteiger partial charge in [-0.1, -0.05) is 11.8 Å². The summed E-state index contributed by atoms with van der Waals surface area (Å²) in [5.74, 6) is 0.482. The minimum absolute atomic E-state index is 0.159. The molecule has 0 spiro atoms. The molecule has 0 aliphatic carbocycles. The average molecular weight is 306 g/mol. The summed E-state index contributed by atoms with van der Waals surface area (Å²) in [6, 6.07) is 4.47. The lowest BCUT2D eigenvalue weighted by Gasteiger charge is -2.02. The third kappa shape index (κ3) is 2.35. The molecular weight excluding hydrogens is 295 g/mol. The van der Waals surface area contributed by atoms with E-state index in [9.17, 15) is 4.39 Å². The molecule has 3 rings (SSSR count). The Balaban J connectivity index is 2.12. The zero-order valence-electron chi connectivity index (χ0n) is 11.2. The Morgan fingerprint density at radius 2 is 2.10 bits per heavy atom. The van der Waals surface area contributed by atoms with Crippen molar-refractivity contribution < 1.29 is 9.13 Å². The number of nitrogens with zero attached hydrogens (tertiary/aromatic N) is 5. The molecule has 2 heterocycles. The van der Waals surface area contributed by atoms with Gasteiger partial charge in [-0.2, -0.15) is 19.5 Å². The highest BCUT2D eigenvalue weighted by atomic mass is 32.2. The van der Waals surface area contributed by atoms with Crippen LogP contribution in [0, 0.1) is 5.82 Å². The maximum Gasteiger partial charge on any atom is 0.258 e. The number of benzene rings is 1. The number of anilines is 1. The molecule has 0 bridgehead atoms. The number of aromatic nitrogens is 5. The van der Waals surface area contributed by atoms with Gasteiger partial charge in [0.05, 0.1) is 7.11 Å². The van der Waals surface area contributed by atoms with Crippen molar-refractivity contribution in [3.8, 4) is 17.1 Å². The Morgan fingerprint density at radius 3 is 2.76 bits per heavy atom. The molecular formula is C12H11FN6OS. The largest absolute Gasteiger partial charge is 0.494 e. The van der Waals surface area contributed by atoms with Gasteiger partial charge < -0.3 is 10.5 Å². The minimum atomic E-state index is -0.488. The van der Waals surface area contributed by atoms with Crippen molar-refractivity contribution in [1.29, 1.82) is 0 Å². The molecule has 7 nitrogen and oxygen atoms in total. The van der Waals surface area contributed by atoms with Gasteiger partial charge in [0.1, 0.15) is 0 Å². The molecule has 0 saturated carbocycles. The highest BCUT2D eigenvalue weighted by Crippen LogP contribution is 2.24. The number of nitrogens with two attached hydrogens (primary N) is 1. The molecule has 2 aromatic heterocycles. The third-order valence-electron chi connectivity index (χ3n) is 2.81. The molecule has 9 heteroatoms. The summed E-state index contributed by atoms with van der Waals surface area (Å²) in [7, 11) is 1.40. The van der Waals surface area contributed by atoms with E-state index >= 15 is 0 Å². The van der Waals surface area contributed by atoms with Gasteiger partial charge in [-0.05, 0) is 24.5 Å². The van der Waals surface area contributed by atoms with Crippen LogP contribution in [0.3, 0.4) is 0 Å². The summed E-state index contributed by atoms with van der Waals surface area (Å²) in [5.41, 5.74) is 6.31. The Bertz CT molecular complexity index is 821. The molecule has 0 amide bonds. The lowest BCUT2D eigenvalue weighted by Crippen LogP contribution is -2.04. The van der Waals surface area contributed by atoms with E-state index in [1.165, 1.54) is 35.5 Å². The summed E-state index contributed by atoms with van der Waals surface area (Å²) in [6.07, 6.45) is 1.83. The molecule has 0 fully saturated rings. The summed E-state index contributed by atoms with van der Waals surface area (Å²) in [6.45, 7) is 0. The van der Waals surface area contributed by atoms with Gasteiger partial charge in [-0.25, -0.2) is 4.39 Å². The standard InChI is InChI=1S/C12H11FN6OS/c1-20-8-4-3-6(5-7(8)13)9-15-11-17-12(21-2)16-10(14)19(11)18-9/h3-5H,1-2H3,(H2,14,15,16,17,18).